The molecule has 0 fully saturated rings. The third-order valence-electron chi connectivity index (χ3n) is 4.79. The van der Waals surface area contributed by atoms with E-state index in [1.165, 1.54) is 43.1 Å². The summed E-state index contributed by atoms with van der Waals surface area (Å²) >= 11 is 0. The molecule has 3 aromatic rings. The van der Waals surface area contributed by atoms with Crippen molar-refractivity contribution in [1.29, 1.82) is 0 Å². The zero-order valence-corrected chi connectivity index (χ0v) is 15.2. The van der Waals surface area contributed by atoms with Crippen LogP contribution in [0.15, 0.2) is 42.5 Å². The molecular formula is C24H26. The van der Waals surface area contributed by atoms with E-state index in [1.807, 2.05) is 0 Å². The van der Waals surface area contributed by atoms with Crippen LogP contribution < -0.4 is 10.4 Å². The Morgan fingerprint density at radius 1 is 0.875 bits per heavy atom. The quantitative estimate of drug-likeness (QED) is 0.554. The van der Waals surface area contributed by atoms with Gasteiger partial charge in [0, 0.05) is 0 Å². The van der Waals surface area contributed by atoms with Gasteiger partial charge in [-0.25, -0.2) is 0 Å². The second-order valence-electron chi connectivity index (χ2n) is 6.19. The maximum Gasteiger partial charge on any atom is -0.00331 e. The maximum absolute atomic E-state index is 2.35. The molecule has 0 radical (unpaired) electrons. The fraction of sp³-hybridized carbons (Fsp3) is 0.250. The van der Waals surface area contributed by atoms with Crippen LogP contribution >= 0.6 is 0 Å². The Hall–Kier alpha value is -2.34. The summed E-state index contributed by atoms with van der Waals surface area (Å²) in [6, 6.07) is 13.4. The summed E-state index contributed by atoms with van der Waals surface area (Å²) in [6.07, 6.45) is 11.1. The number of benzene rings is 3. The fourth-order valence-corrected chi connectivity index (χ4v) is 3.90. The molecule has 0 aliphatic rings. The third kappa shape index (κ3) is 2.57. The Morgan fingerprint density at radius 2 is 1.62 bits per heavy atom. The number of hydrogen-bond donors (Lipinski definition) is 0. The van der Waals surface area contributed by atoms with Gasteiger partial charge in [-0.2, -0.15) is 0 Å². The van der Waals surface area contributed by atoms with Crippen LogP contribution in [0.1, 0.15) is 45.2 Å². The summed E-state index contributed by atoms with van der Waals surface area (Å²) in [6.45, 7) is 8.73. The molecule has 0 spiro atoms. The van der Waals surface area contributed by atoms with E-state index in [4.69, 9.17) is 0 Å². The smallest absolute Gasteiger partial charge is 0.00331 e. The topological polar surface area (TPSA) is 0 Å². The summed E-state index contributed by atoms with van der Waals surface area (Å²) in [7, 11) is 0. The Bertz CT molecular complexity index is 1030. The minimum Gasteiger partial charge on any atom is -0.0870 e. The molecule has 0 atom stereocenters. The minimum absolute atomic E-state index is 1.05. The minimum atomic E-state index is 1.05. The molecule has 0 nitrogen and oxygen atoms in total. The van der Waals surface area contributed by atoms with E-state index in [1.54, 1.807) is 0 Å². The number of hydrogen-bond acceptors (Lipinski definition) is 0. The molecule has 0 saturated carbocycles. The van der Waals surface area contributed by atoms with Crippen LogP contribution in [0.4, 0.5) is 0 Å². The highest BCUT2D eigenvalue weighted by Gasteiger charge is 2.11. The molecule has 0 heteroatoms. The van der Waals surface area contributed by atoms with Crippen LogP contribution in [0.5, 0.6) is 0 Å². The van der Waals surface area contributed by atoms with Crippen LogP contribution in [0.2, 0.25) is 0 Å². The van der Waals surface area contributed by atoms with Crippen LogP contribution in [-0.4, -0.2) is 0 Å². The van der Waals surface area contributed by atoms with E-state index in [9.17, 15) is 0 Å². The molecule has 0 unspecified atom stereocenters. The normalized spacial score (nSPS) is 13.7. The van der Waals surface area contributed by atoms with Crippen molar-refractivity contribution in [3.8, 4) is 0 Å². The maximum atomic E-state index is 2.35. The zero-order valence-electron chi connectivity index (χ0n) is 15.2. The molecular weight excluding hydrogens is 288 g/mol. The molecule has 0 bridgehead atoms. The van der Waals surface area contributed by atoms with Crippen LogP contribution in [0.25, 0.3) is 39.8 Å². The Labute approximate surface area is 144 Å². The van der Waals surface area contributed by atoms with Gasteiger partial charge >= 0.3 is 0 Å². The van der Waals surface area contributed by atoms with Gasteiger partial charge in [0.05, 0.1) is 0 Å². The van der Waals surface area contributed by atoms with Gasteiger partial charge in [-0.1, -0.05) is 74.5 Å². The summed E-state index contributed by atoms with van der Waals surface area (Å²) in [5, 5.41) is 8.31. The lowest BCUT2D eigenvalue weighted by atomic mass is 9.89. The predicted molar refractivity (Wildman–Crippen MR) is 110 cm³/mol. The molecule has 0 aliphatic heterocycles. The molecule has 0 aromatic heterocycles. The van der Waals surface area contributed by atoms with E-state index in [-0.39, 0.29) is 0 Å². The van der Waals surface area contributed by atoms with Gasteiger partial charge in [-0.15, -0.1) is 0 Å². The highest BCUT2D eigenvalue weighted by Crippen LogP contribution is 2.26. The van der Waals surface area contributed by atoms with Crippen molar-refractivity contribution in [2.45, 2.75) is 40.5 Å². The summed E-state index contributed by atoms with van der Waals surface area (Å²) in [5.74, 6) is 0. The highest BCUT2D eigenvalue weighted by atomic mass is 14.1. The first-order chi connectivity index (χ1) is 11.8. The average Bonchev–Trinajstić information content (AvgIpc) is 2.61. The Balaban J connectivity index is 2.72. The monoisotopic (exact) mass is 314 g/mol. The Kier molecular flexibility index (Phi) is 4.85. The molecule has 0 saturated heterocycles. The van der Waals surface area contributed by atoms with Gasteiger partial charge in [-0.3, -0.25) is 0 Å². The van der Waals surface area contributed by atoms with Crippen LogP contribution in [0.3, 0.4) is 0 Å². The van der Waals surface area contributed by atoms with Crippen molar-refractivity contribution in [2.75, 3.05) is 0 Å². The van der Waals surface area contributed by atoms with Crippen molar-refractivity contribution in [3.63, 3.8) is 0 Å². The lowest BCUT2D eigenvalue weighted by Crippen LogP contribution is -2.14. The highest BCUT2D eigenvalue weighted by molar-refractivity contribution is 6.06. The molecule has 3 rings (SSSR count). The molecule has 0 N–H and O–H groups in total. The molecule has 0 aliphatic carbocycles. The van der Waals surface area contributed by atoms with E-state index < -0.39 is 0 Å². The standard InChI is InChI=1S/C24H26/c1-5-11-17-13-9-15-21-20(8-4)24-18(12-6-2)14-10-16-22(24)19(7-3)23(17)21/h5,7,9-16H,6,8H2,1-4H3. The first kappa shape index (κ1) is 16.5. The third-order valence-corrected chi connectivity index (χ3v) is 4.79. The Morgan fingerprint density at radius 3 is 2.29 bits per heavy atom. The number of allylic oxidation sites excluding steroid dienone is 1. The first-order valence-corrected chi connectivity index (χ1v) is 9.02. The van der Waals surface area contributed by atoms with Crippen molar-refractivity contribution >= 4 is 39.8 Å². The van der Waals surface area contributed by atoms with E-state index in [2.05, 4.69) is 88.4 Å². The van der Waals surface area contributed by atoms with Crippen molar-refractivity contribution < 1.29 is 0 Å². The summed E-state index contributed by atoms with van der Waals surface area (Å²) in [5.41, 5.74) is 2.78. The van der Waals surface area contributed by atoms with Gasteiger partial charge < -0.3 is 0 Å². The van der Waals surface area contributed by atoms with Crippen LogP contribution in [0, 0.1) is 0 Å². The molecule has 3 aromatic carbocycles. The average molecular weight is 314 g/mol. The van der Waals surface area contributed by atoms with E-state index in [0.717, 1.165) is 12.8 Å². The molecule has 0 amide bonds. The summed E-state index contributed by atoms with van der Waals surface area (Å²) in [4.78, 5) is 0. The first-order valence-electron chi connectivity index (χ1n) is 9.02. The van der Waals surface area contributed by atoms with Crippen molar-refractivity contribution in [2.24, 2.45) is 0 Å². The SMILES string of the molecule is CC=Cc1cccc2c(CC)c3c(=CCC)cccc3c(=CC)c12. The van der Waals surface area contributed by atoms with E-state index >= 15 is 0 Å². The lowest BCUT2D eigenvalue weighted by molar-refractivity contribution is 1.17. The van der Waals surface area contributed by atoms with Crippen LogP contribution in [-0.2, 0) is 6.42 Å². The number of rotatable bonds is 3. The molecule has 24 heavy (non-hydrogen) atoms. The second kappa shape index (κ2) is 7.05. The number of aryl methyl sites for hydroxylation is 1. The fourth-order valence-electron chi connectivity index (χ4n) is 3.90. The molecule has 122 valence electrons. The van der Waals surface area contributed by atoms with Gasteiger partial charge in [0.1, 0.15) is 0 Å². The van der Waals surface area contributed by atoms with Gasteiger partial charge in [0.15, 0.2) is 0 Å². The molecule has 0 heterocycles. The van der Waals surface area contributed by atoms with E-state index in [0.29, 0.717) is 0 Å². The largest absolute Gasteiger partial charge is 0.0870 e. The predicted octanol–water partition coefficient (Wildman–Crippen LogP) is 5.58. The lowest BCUT2D eigenvalue weighted by Gasteiger charge is -2.14. The number of fused-ring (bicyclic) bond motifs is 2. The van der Waals surface area contributed by atoms with Crippen molar-refractivity contribution in [3.05, 3.63) is 64.0 Å². The van der Waals surface area contributed by atoms with Gasteiger partial charge in [-0.05, 0) is 69.8 Å². The van der Waals surface area contributed by atoms with Gasteiger partial charge in [0.25, 0.3) is 0 Å². The van der Waals surface area contributed by atoms with Gasteiger partial charge in [0.2, 0.25) is 0 Å². The van der Waals surface area contributed by atoms with Crippen molar-refractivity contribution in [1.82, 2.24) is 0 Å². The second-order valence-corrected chi connectivity index (χ2v) is 6.19. The summed E-state index contributed by atoms with van der Waals surface area (Å²) < 4.78 is 0. The zero-order chi connectivity index (χ0) is 17.1.